The molecule has 0 bridgehead atoms. The van der Waals surface area contributed by atoms with Crippen molar-refractivity contribution >= 4 is 27.7 Å². The molecule has 2 N–H and O–H groups in total. The molecule has 2 aromatic carbocycles. The minimum atomic E-state index is -3.24. The van der Waals surface area contributed by atoms with E-state index in [2.05, 4.69) is 0 Å². The van der Waals surface area contributed by atoms with E-state index in [9.17, 15) is 13.2 Å². The van der Waals surface area contributed by atoms with Crippen LogP contribution in [0.5, 0.6) is 17.2 Å². The Morgan fingerprint density at radius 1 is 1.04 bits per heavy atom. The number of carbonyl (C=O) groups is 1. The first-order valence-electron chi connectivity index (χ1n) is 7.12. The molecule has 3 rings (SSSR count). The third-order valence-corrected chi connectivity index (χ3v) is 6.28. The lowest BCUT2D eigenvalue weighted by Gasteiger charge is -2.08. The number of nitrogens with two attached hydrogens (primary N) is 1. The van der Waals surface area contributed by atoms with Gasteiger partial charge in [0.25, 0.3) is 0 Å². The van der Waals surface area contributed by atoms with Gasteiger partial charge in [-0.15, -0.1) is 0 Å². The molecule has 1 fully saturated rings. The number of primary amides is 1. The zero-order valence-electron chi connectivity index (χ0n) is 12.5. The molecule has 0 aliphatic carbocycles. The number of rotatable bonds is 6. The molecule has 0 spiro atoms. The molecule has 1 amide bonds. The summed E-state index contributed by atoms with van der Waals surface area (Å²) >= 11 is 1.66. The van der Waals surface area contributed by atoms with Gasteiger partial charge < -0.3 is 15.2 Å². The van der Waals surface area contributed by atoms with Crippen molar-refractivity contribution in [2.24, 2.45) is 5.73 Å². The zero-order valence-corrected chi connectivity index (χ0v) is 14.2. The highest BCUT2D eigenvalue weighted by atomic mass is 32.2. The van der Waals surface area contributed by atoms with Crippen LogP contribution >= 0.6 is 11.8 Å². The highest BCUT2D eigenvalue weighted by Gasteiger charge is 2.29. The molecule has 1 saturated heterocycles. The predicted molar refractivity (Wildman–Crippen MR) is 91.5 cm³/mol. The molecule has 1 aliphatic rings. The van der Waals surface area contributed by atoms with Gasteiger partial charge in [-0.1, -0.05) is 0 Å². The van der Waals surface area contributed by atoms with Crippen LogP contribution in [0.2, 0.25) is 0 Å². The first-order chi connectivity index (χ1) is 11.4. The summed E-state index contributed by atoms with van der Waals surface area (Å²) in [5.41, 5.74) is 4.93. The molecule has 1 atom stereocenters. The lowest BCUT2D eigenvalue weighted by atomic mass is 10.3. The van der Waals surface area contributed by atoms with E-state index < -0.39 is 15.9 Å². The molecular weight excluding hydrogens is 350 g/mol. The van der Waals surface area contributed by atoms with Gasteiger partial charge in [0.1, 0.15) is 17.2 Å². The van der Waals surface area contributed by atoms with E-state index in [-0.39, 0.29) is 11.0 Å². The second kappa shape index (κ2) is 6.74. The molecule has 8 heteroatoms. The van der Waals surface area contributed by atoms with E-state index in [1.165, 1.54) is 0 Å². The summed E-state index contributed by atoms with van der Waals surface area (Å²) in [5.74, 6) is 2.44. The number of thioether (sulfide) groups is 1. The Labute approximate surface area is 143 Å². The van der Waals surface area contributed by atoms with Crippen molar-refractivity contribution < 1.29 is 22.7 Å². The van der Waals surface area contributed by atoms with Crippen molar-refractivity contribution in [3.63, 3.8) is 0 Å². The van der Waals surface area contributed by atoms with Crippen molar-refractivity contribution in [3.05, 3.63) is 48.5 Å². The SMILES string of the molecule is NC(=O)Oc1ccc(Oc2ccc(S(=O)(=O)CC3CS3)cc2)cc1. The molecule has 24 heavy (non-hydrogen) atoms. The Morgan fingerprint density at radius 2 is 1.54 bits per heavy atom. The Hall–Kier alpha value is -2.19. The molecule has 1 aliphatic heterocycles. The van der Waals surface area contributed by atoms with Crippen molar-refractivity contribution in [1.82, 2.24) is 0 Å². The van der Waals surface area contributed by atoms with E-state index in [0.717, 1.165) is 5.75 Å². The summed E-state index contributed by atoms with van der Waals surface area (Å²) in [6, 6.07) is 12.6. The molecular formula is C16H15NO5S2. The maximum Gasteiger partial charge on any atom is 0.409 e. The predicted octanol–water partition coefficient (Wildman–Crippen LogP) is 2.83. The monoisotopic (exact) mass is 365 g/mol. The van der Waals surface area contributed by atoms with Gasteiger partial charge in [-0.2, -0.15) is 11.8 Å². The smallest absolute Gasteiger partial charge is 0.409 e. The zero-order chi connectivity index (χ0) is 17.2. The quantitative estimate of drug-likeness (QED) is 0.791. The second-order valence-electron chi connectivity index (χ2n) is 5.20. The Bertz CT molecular complexity index is 828. The van der Waals surface area contributed by atoms with Crippen LogP contribution < -0.4 is 15.2 Å². The van der Waals surface area contributed by atoms with Gasteiger partial charge in [0, 0.05) is 11.0 Å². The summed E-state index contributed by atoms with van der Waals surface area (Å²) < 4.78 is 34.7. The third kappa shape index (κ3) is 4.42. The fourth-order valence-corrected chi connectivity index (χ4v) is 4.72. The van der Waals surface area contributed by atoms with Crippen LogP contribution in [0.1, 0.15) is 0 Å². The number of ether oxygens (including phenoxy) is 2. The molecule has 6 nitrogen and oxygen atoms in total. The van der Waals surface area contributed by atoms with E-state index in [0.29, 0.717) is 22.1 Å². The summed E-state index contributed by atoms with van der Waals surface area (Å²) in [5, 5.41) is 0.229. The van der Waals surface area contributed by atoms with Gasteiger partial charge in [0.05, 0.1) is 10.6 Å². The minimum absolute atomic E-state index is 0.180. The second-order valence-corrected chi connectivity index (χ2v) is 8.57. The first-order valence-corrected chi connectivity index (χ1v) is 9.82. The lowest BCUT2D eigenvalue weighted by molar-refractivity contribution is 0.211. The van der Waals surface area contributed by atoms with Crippen LogP contribution in [0.15, 0.2) is 53.4 Å². The average molecular weight is 365 g/mol. The fraction of sp³-hybridized carbons (Fsp3) is 0.188. The van der Waals surface area contributed by atoms with Crippen molar-refractivity contribution in [2.75, 3.05) is 11.5 Å². The van der Waals surface area contributed by atoms with Crippen LogP contribution in [0.3, 0.4) is 0 Å². The van der Waals surface area contributed by atoms with Crippen molar-refractivity contribution in [1.29, 1.82) is 0 Å². The molecule has 1 unspecified atom stereocenters. The number of sulfone groups is 1. The van der Waals surface area contributed by atoms with Gasteiger partial charge in [0.2, 0.25) is 0 Å². The van der Waals surface area contributed by atoms with Crippen molar-refractivity contribution in [3.8, 4) is 17.2 Å². The normalized spacial score (nSPS) is 16.4. The van der Waals surface area contributed by atoms with Gasteiger partial charge in [-0.25, -0.2) is 13.2 Å². The Balaban J connectivity index is 1.66. The van der Waals surface area contributed by atoms with Crippen LogP contribution in [0, 0.1) is 0 Å². The standard InChI is InChI=1S/C16H15NO5S2/c17-16(18)22-13-3-1-11(2-4-13)21-12-5-7-15(8-6-12)24(19,20)10-14-9-23-14/h1-8,14H,9-10H2,(H2,17,18). The number of benzene rings is 2. The number of hydrogen-bond donors (Lipinski definition) is 1. The summed E-state index contributed by atoms with van der Waals surface area (Å²) in [6.07, 6.45) is -0.884. The maximum atomic E-state index is 12.2. The summed E-state index contributed by atoms with van der Waals surface area (Å²) in [6.45, 7) is 0. The van der Waals surface area contributed by atoms with E-state index in [4.69, 9.17) is 15.2 Å². The highest BCUT2D eigenvalue weighted by molar-refractivity contribution is 8.08. The fourth-order valence-electron chi connectivity index (χ4n) is 2.05. The first kappa shape index (κ1) is 16.7. The topological polar surface area (TPSA) is 95.7 Å². The van der Waals surface area contributed by atoms with Crippen LogP contribution in [-0.2, 0) is 9.84 Å². The molecule has 0 aromatic heterocycles. The number of hydrogen-bond acceptors (Lipinski definition) is 6. The van der Waals surface area contributed by atoms with Gasteiger partial charge in [0.15, 0.2) is 9.84 Å². The number of carbonyl (C=O) groups excluding carboxylic acids is 1. The van der Waals surface area contributed by atoms with Gasteiger partial charge >= 0.3 is 6.09 Å². The van der Waals surface area contributed by atoms with Crippen molar-refractivity contribution in [2.45, 2.75) is 10.1 Å². The largest absolute Gasteiger partial charge is 0.457 e. The van der Waals surface area contributed by atoms with Crippen LogP contribution in [-0.4, -0.2) is 31.3 Å². The summed E-state index contributed by atoms with van der Waals surface area (Å²) in [4.78, 5) is 10.9. The van der Waals surface area contributed by atoms with Crippen LogP contribution in [0.4, 0.5) is 4.79 Å². The van der Waals surface area contributed by atoms with Crippen LogP contribution in [0.25, 0.3) is 0 Å². The van der Waals surface area contributed by atoms with E-state index >= 15 is 0 Å². The third-order valence-electron chi connectivity index (χ3n) is 3.27. The lowest BCUT2D eigenvalue weighted by Crippen LogP contribution is -2.16. The average Bonchev–Trinajstić information content (AvgIpc) is 3.33. The maximum absolute atomic E-state index is 12.2. The molecule has 0 saturated carbocycles. The Morgan fingerprint density at radius 3 is 2.04 bits per heavy atom. The van der Waals surface area contributed by atoms with Gasteiger partial charge in [-0.3, -0.25) is 0 Å². The molecule has 2 aromatic rings. The molecule has 0 radical (unpaired) electrons. The van der Waals surface area contributed by atoms with E-state index in [1.807, 2.05) is 0 Å². The van der Waals surface area contributed by atoms with Gasteiger partial charge in [-0.05, 0) is 48.5 Å². The Kier molecular flexibility index (Phi) is 4.68. The van der Waals surface area contributed by atoms with E-state index in [1.54, 1.807) is 60.3 Å². The minimum Gasteiger partial charge on any atom is -0.457 e. The summed E-state index contributed by atoms with van der Waals surface area (Å²) in [7, 11) is -3.24. The number of amides is 1. The molecule has 1 heterocycles. The molecule has 126 valence electrons. The highest BCUT2D eigenvalue weighted by Crippen LogP contribution is 2.33.